The van der Waals surface area contributed by atoms with E-state index in [0.29, 0.717) is 35.3 Å². The van der Waals surface area contributed by atoms with Gasteiger partial charge in [-0.15, -0.1) is 0 Å². The first-order valence-corrected chi connectivity index (χ1v) is 13.5. The fraction of sp³-hybridized carbons (Fsp3) is 0.222. The van der Waals surface area contributed by atoms with Crippen LogP contribution >= 0.6 is 23.5 Å². The summed E-state index contributed by atoms with van der Waals surface area (Å²) in [7, 11) is 0. The van der Waals surface area contributed by atoms with E-state index in [-0.39, 0.29) is 35.5 Å². The fourth-order valence-corrected chi connectivity index (χ4v) is 5.27. The third-order valence-electron chi connectivity index (χ3n) is 6.13. The number of alkyl halides is 1. The predicted molar refractivity (Wildman–Crippen MR) is 143 cm³/mol. The molecule has 0 amide bonds. The Hall–Kier alpha value is -3.48. The summed E-state index contributed by atoms with van der Waals surface area (Å²) in [4.78, 5) is 12.9. The van der Waals surface area contributed by atoms with E-state index in [2.05, 4.69) is 25.0 Å². The number of aromatic nitrogens is 3. The van der Waals surface area contributed by atoms with Crippen LogP contribution in [0.15, 0.2) is 54.9 Å². The van der Waals surface area contributed by atoms with E-state index in [1.807, 2.05) is 0 Å². The number of hydrogen-bond donors (Lipinski definition) is 2. The number of hydrogen-bond acceptors (Lipinski definition) is 7. The Morgan fingerprint density at radius 3 is 2.67 bits per heavy atom. The average molecular weight is 594 g/mol. The molecular formula is C27H21ClF5N5OS. The van der Waals surface area contributed by atoms with Gasteiger partial charge in [0.2, 0.25) is 11.7 Å². The van der Waals surface area contributed by atoms with Gasteiger partial charge in [-0.05, 0) is 54.3 Å². The second kappa shape index (κ2) is 12.4. The van der Waals surface area contributed by atoms with E-state index in [0.717, 1.165) is 18.0 Å². The molecule has 208 valence electrons. The minimum absolute atomic E-state index is 0.124. The van der Waals surface area contributed by atoms with Crippen molar-refractivity contribution in [3.8, 4) is 22.9 Å². The number of rotatable bonds is 8. The Labute approximate surface area is 235 Å². The van der Waals surface area contributed by atoms with Crippen LogP contribution in [-0.2, 0) is 5.75 Å². The molecule has 13 heteroatoms. The second-order valence-electron chi connectivity index (χ2n) is 8.93. The topological polar surface area (TPSA) is 72.0 Å². The van der Waals surface area contributed by atoms with E-state index >= 15 is 0 Å². The van der Waals surface area contributed by atoms with Gasteiger partial charge in [-0.2, -0.15) is 4.39 Å². The van der Waals surface area contributed by atoms with Crippen molar-refractivity contribution >= 4 is 29.2 Å². The standard InChI is InChI=1S/C27H21ClF5N5OS/c28-19-9-16(29)4-3-14(19)13-40-38-25-20(31)10-22(23(32)24(25)33)39-27-18(2-1-6-36-27)21-5-7-35-26(37-21)15-8-17(30)12-34-11-15/h1-7,9-10,15,17,34,38H,8,11-13H2. The molecule has 2 N–H and O–H groups in total. The molecule has 0 radical (unpaired) electrons. The maximum Gasteiger partial charge on any atom is 0.228 e. The molecule has 0 saturated carbocycles. The second-order valence-corrected chi connectivity index (χ2v) is 10.1. The molecule has 0 aliphatic carbocycles. The molecule has 1 aliphatic heterocycles. The van der Waals surface area contributed by atoms with Crippen molar-refractivity contribution in [2.75, 3.05) is 17.8 Å². The molecule has 3 heterocycles. The summed E-state index contributed by atoms with van der Waals surface area (Å²) in [6, 6.07) is 9.23. The van der Waals surface area contributed by atoms with Crippen molar-refractivity contribution in [1.29, 1.82) is 0 Å². The van der Waals surface area contributed by atoms with Crippen LogP contribution in [0.1, 0.15) is 23.7 Å². The SMILES string of the molecule is Fc1ccc(CSNc2c(F)cc(Oc3ncccc3-c3ccnc(C4CNCC(F)C4)n3)c(F)c2F)c(Cl)c1. The van der Waals surface area contributed by atoms with Gasteiger partial charge in [-0.25, -0.2) is 32.5 Å². The lowest BCUT2D eigenvalue weighted by molar-refractivity contribution is 0.243. The zero-order valence-electron chi connectivity index (χ0n) is 20.6. The van der Waals surface area contributed by atoms with E-state index < -0.39 is 40.9 Å². The molecular weight excluding hydrogens is 573 g/mol. The lowest BCUT2D eigenvalue weighted by Crippen LogP contribution is -2.36. The molecule has 2 unspecified atom stereocenters. The van der Waals surface area contributed by atoms with Gasteiger partial charge in [0.05, 0.1) is 11.3 Å². The summed E-state index contributed by atoms with van der Waals surface area (Å²) in [6.07, 6.45) is 2.13. The third kappa shape index (κ3) is 6.29. The van der Waals surface area contributed by atoms with Crippen LogP contribution in [0.2, 0.25) is 5.02 Å². The summed E-state index contributed by atoms with van der Waals surface area (Å²) in [5.74, 6) is -5.14. The Morgan fingerprint density at radius 2 is 1.88 bits per heavy atom. The molecule has 1 saturated heterocycles. The quantitative estimate of drug-likeness (QED) is 0.127. The number of nitrogens with zero attached hydrogens (tertiary/aromatic N) is 3. The van der Waals surface area contributed by atoms with Crippen LogP contribution in [0, 0.1) is 23.3 Å². The van der Waals surface area contributed by atoms with Crippen LogP contribution in [0.5, 0.6) is 11.6 Å². The van der Waals surface area contributed by atoms with E-state index in [1.54, 1.807) is 18.2 Å². The predicted octanol–water partition coefficient (Wildman–Crippen LogP) is 7.22. The Kier molecular flexibility index (Phi) is 8.67. The molecule has 0 spiro atoms. The molecule has 2 atom stereocenters. The Balaban J connectivity index is 1.35. The van der Waals surface area contributed by atoms with Crippen LogP contribution in [-0.4, -0.2) is 34.2 Å². The lowest BCUT2D eigenvalue weighted by atomic mass is 9.97. The van der Waals surface area contributed by atoms with Gasteiger partial charge in [-0.3, -0.25) is 0 Å². The number of nitrogens with one attached hydrogen (secondary N) is 2. The summed E-state index contributed by atoms with van der Waals surface area (Å²) >= 11 is 6.81. The molecule has 2 aromatic carbocycles. The molecule has 1 fully saturated rings. The van der Waals surface area contributed by atoms with Gasteiger partial charge in [0.1, 0.15) is 23.5 Å². The summed E-state index contributed by atoms with van der Waals surface area (Å²) < 4.78 is 79.8. The molecule has 40 heavy (non-hydrogen) atoms. The van der Waals surface area contributed by atoms with Gasteiger partial charge < -0.3 is 14.8 Å². The highest BCUT2D eigenvalue weighted by molar-refractivity contribution is 7.99. The van der Waals surface area contributed by atoms with Gasteiger partial charge in [0.25, 0.3) is 0 Å². The Morgan fingerprint density at radius 1 is 1.02 bits per heavy atom. The van der Waals surface area contributed by atoms with Gasteiger partial charge in [0, 0.05) is 48.2 Å². The summed E-state index contributed by atoms with van der Waals surface area (Å²) in [5.41, 5.74) is 0.481. The number of halogens is 6. The molecule has 1 aliphatic rings. The highest BCUT2D eigenvalue weighted by atomic mass is 35.5. The van der Waals surface area contributed by atoms with Crippen LogP contribution in [0.3, 0.4) is 0 Å². The number of ether oxygens (including phenoxy) is 1. The van der Waals surface area contributed by atoms with Crippen molar-refractivity contribution in [3.05, 3.63) is 94.5 Å². The summed E-state index contributed by atoms with van der Waals surface area (Å²) in [6.45, 7) is 0.782. The van der Waals surface area contributed by atoms with Gasteiger partial charge >= 0.3 is 0 Å². The number of benzene rings is 2. The van der Waals surface area contributed by atoms with Crippen molar-refractivity contribution < 1.29 is 26.7 Å². The molecule has 4 aromatic rings. The minimum atomic E-state index is -1.50. The normalized spacial score (nSPS) is 17.1. The average Bonchev–Trinajstić information content (AvgIpc) is 2.95. The highest BCUT2D eigenvalue weighted by Crippen LogP contribution is 2.37. The van der Waals surface area contributed by atoms with Crippen LogP contribution < -0.4 is 14.8 Å². The first-order chi connectivity index (χ1) is 19.3. The first kappa shape index (κ1) is 28.1. The third-order valence-corrected chi connectivity index (χ3v) is 7.29. The maximum atomic E-state index is 15.0. The van der Waals surface area contributed by atoms with Gasteiger partial charge in [-0.1, -0.05) is 17.7 Å². The van der Waals surface area contributed by atoms with Crippen molar-refractivity contribution in [2.45, 2.75) is 24.3 Å². The number of piperidine rings is 1. The molecule has 6 nitrogen and oxygen atoms in total. The summed E-state index contributed by atoms with van der Waals surface area (Å²) in [5, 5.41) is 3.15. The maximum absolute atomic E-state index is 15.0. The van der Waals surface area contributed by atoms with Crippen molar-refractivity contribution in [3.63, 3.8) is 0 Å². The zero-order chi connectivity index (χ0) is 28.2. The van der Waals surface area contributed by atoms with Crippen LogP contribution in [0.4, 0.5) is 27.6 Å². The fourth-order valence-electron chi connectivity index (χ4n) is 4.14. The first-order valence-electron chi connectivity index (χ1n) is 12.1. The largest absolute Gasteiger partial charge is 0.435 e. The van der Waals surface area contributed by atoms with Crippen LogP contribution in [0.25, 0.3) is 11.3 Å². The smallest absolute Gasteiger partial charge is 0.228 e. The number of pyridine rings is 1. The molecule has 2 aromatic heterocycles. The highest BCUT2D eigenvalue weighted by Gasteiger charge is 2.26. The van der Waals surface area contributed by atoms with E-state index in [1.165, 1.54) is 24.5 Å². The van der Waals surface area contributed by atoms with E-state index in [9.17, 15) is 22.0 Å². The van der Waals surface area contributed by atoms with Crippen molar-refractivity contribution in [1.82, 2.24) is 20.3 Å². The Bertz CT molecular complexity index is 1530. The van der Waals surface area contributed by atoms with E-state index in [4.69, 9.17) is 16.3 Å². The molecule has 5 rings (SSSR count). The van der Waals surface area contributed by atoms with Gasteiger partial charge in [0.15, 0.2) is 17.4 Å². The zero-order valence-corrected chi connectivity index (χ0v) is 22.2. The number of anilines is 1. The molecule has 0 bridgehead atoms. The van der Waals surface area contributed by atoms with Crippen molar-refractivity contribution in [2.24, 2.45) is 0 Å². The minimum Gasteiger partial charge on any atom is -0.435 e. The lowest BCUT2D eigenvalue weighted by Gasteiger charge is -2.24. The monoisotopic (exact) mass is 593 g/mol.